The largest absolute Gasteiger partial charge is 0.306 e. The zero-order valence-corrected chi connectivity index (χ0v) is 10.2. The molecule has 0 fully saturated rings. The molecule has 1 aliphatic rings. The third-order valence-electron chi connectivity index (χ3n) is 2.18. The summed E-state index contributed by atoms with van der Waals surface area (Å²) in [5, 5.41) is 3.54. The van der Waals surface area contributed by atoms with Crippen LogP contribution in [0.3, 0.4) is 0 Å². The maximum Gasteiger partial charge on any atom is 0.0527 e. The summed E-state index contributed by atoms with van der Waals surface area (Å²) in [6.45, 7) is 8.58. The maximum absolute atomic E-state index is 4.66. The van der Waals surface area contributed by atoms with Crippen LogP contribution in [0.25, 0.3) is 0 Å². The summed E-state index contributed by atoms with van der Waals surface area (Å²) in [7, 11) is 0. The second kappa shape index (κ2) is 5.86. The molecule has 2 heteroatoms. The maximum atomic E-state index is 4.66. The molecule has 0 amide bonds. The Kier molecular flexibility index (Phi) is 4.76. The first-order valence-electron chi connectivity index (χ1n) is 5.76. The first kappa shape index (κ1) is 12.2. The molecule has 0 radical (unpaired) electrons. The molecule has 1 aliphatic carbocycles. The Bertz CT molecular complexity index is 272. The van der Waals surface area contributed by atoms with Gasteiger partial charge in [0.25, 0.3) is 0 Å². The normalized spacial score (nSPS) is 24.1. The lowest BCUT2D eigenvalue weighted by molar-refractivity contribution is 0.543. The van der Waals surface area contributed by atoms with Crippen molar-refractivity contribution in [2.24, 2.45) is 4.99 Å². The van der Waals surface area contributed by atoms with Gasteiger partial charge >= 0.3 is 0 Å². The SMILES string of the molecule is CC(C)N=C1C=CC=CCC1NC(C)C. The Morgan fingerprint density at radius 1 is 1.27 bits per heavy atom. The molecule has 0 saturated carbocycles. The van der Waals surface area contributed by atoms with Gasteiger partial charge in [0.2, 0.25) is 0 Å². The van der Waals surface area contributed by atoms with Crippen molar-refractivity contribution in [3.63, 3.8) is 0 Å². The van der Waals surface area contributed by atoms with E-state index in [2.05, 4.69) is 62.3 Å². The number of aliphatic imine (C=N–C) groups is 1. The van der Waals surface area contributed by atoms with Crippen molar-refractivity contribution >= 4 is 5.71 Å². The third kappa shape index (κ3) is 4.43. The lowest BCUT2D eigenvalue weighted by Gasteiger charge is -2.20. The van der Waals surface area contributed by atoms with Crippen molar-refractivity contribution in [3.05, 3.63) is 24.3 Å². The van der Waals surface area contributed by atoms with Gasteiger partial charge in [0.05, 0.1) is 11.8 Å². The fourth-order valence-corrected chi connectivity index (χ4v) is 1.67. The average Bonchev–Trinajstić information content (AvgIpc) is 2.30. The standard InChI is InChI=1S/C13H22N2/c1-10(2)14-12-8-6-5-7-9-13(12)15-11(3)4/h5-8,10-11,13,15H,9H2,1-4H3. The van der Waals surface area contributed by atoms with Gasteiger partial charge < -0.3 is 5.32 Å². The van der Waals surface area contributed by atoms with Gasteiger partial charge in [-0.15, -0.1) is 0 Å². The van der Waals surface area contributed by atoms with E-state index in [1.54, 1.807) is 0 Å². The fraction of sp³-hybridized carbons (Fsp3) is 0.615. The van der Waals surface area contributed by atoms with Crippen LogP contribution in [-0.4, -0.2) is 23.8 Å². The summed E-state index contributed by atoms with van der Waals surface area (Å²) in [6.07, 6.45) is 9.50. The molecular weight excluding hydrogens is 184 g/mol. The highest BCUT2D eigenvalue weighted by atomic mass is 15.0. The van der Waals surface area contributed by atoms with Crippen molar-refractivity contribution < 1.29 is 0 Å². The summed E-state index contributed by atoms with van der Waals surface area (Å²) in [5.74, 6) is 0. The number of rotatable bonds is 3. The highest BCUT2D eigenvalue weighted by Crippen LogP contribution is 2.07. The van der Waals surface area contributed by atoms with Crippen LogP contribution in [0.4, 0.5) is 0 Å². The van der Waals surface area contributed by atoms with Crippen molar-refractivity contribution in [2.75, 3.05) is 0 Å². The van der Waals surface area contributed by atoms with Gasteiger partial charge in [-0.25, -0.2) is 0 Å². The molecule has 1 atom stereocenters. The molecule has 0 aliphatic heterocycles. The molecule has 0 spiro atoms. The van der Waals surface area contributed by atoms with Crippen LogP contribution in [0.15, 0.2) is 29.3 Å². The smallest absolute Gasteiger partial charge is 0.0527 e. The van der Waals surface area contributed by atoms with E-state index in [1.165, 1.54) is 5.71 Å². The first-order valence-corrected chi connectivity index (χ1v) is 5.76. The lowest BCUT2D eigenvalue weighted by atomic mass is 10.1. The fourth-order valence-electron chi connectivity index (χ4n) is 1.67. The Labute approximate surface area is 93.2 Å². The molecule has 0 aromatic heterocycles. The highest BCUT2D eigenvalue weighted by molar-refractivity contribution is 6.00. The van der Waals surface area contributed by atoms with E-state index in [0.29, 0.717) is 18.1 Å². The quantitative estimate of drug-likeness (QED) is 0.754. The van der Waals surface area contributed by atoms with Crippen molar-refractivity contribution in [1.29, 1.82) is 0 Å². The molecule has 0 aromatic carbocycles. The van der Waals surface area contributed by atoms with Gasteiger partial charge in [-0.1, -0.05) is 32.1 Å². The van der Waals surface area contributed by atoms with Gasteiger partial charge in [-0.2, -0.15) is 0 Å². The van der Waals surface area contributed by atoms with Crippen LogP contribution in [0, 0.1) is 0 Å². The summed E-state index contributed by atoms with van der Waals surface area (Å²) in [6, 6.07) is 1.22. The molecule has 1 N–H and O–H groups in total. The van der Waals surface area contributed by atoms with Gasteiger partial charge in [0.1, 0.15) is 0 Å². The predicted molar refractivity (Wildman–Crippen MR) is 67.5 cm³/mol. The minimum atomic E-state index is 0.360. The van der Waals surface area contributed by atoms with Crippen LogP contribution < -0.4 is 5.32 Å². The van der Waals surface area contributed by atoms with Crippen LogP contribution in [0.5, 0.6) is 0 Å². The van der Waals surface area contributed by atoms with Crippen LogP contribution in [0.2, 0.25) is 0 Å². The van der Waals surface area contributed by atoms with Gasteiger partial charge in [0.15, 0.2) is 0 Å². The van der Waals surface area contributed by atoms with Crippen molar-refractivity contribution in [1.82, 2.24) is 5.32 Å². The number of hydrogen-bond donors (Lipinski definition) is 1. The molecule has 0 aromatic rings. The summed E-state index contributed by atoms with van der Waals surface area (Å²) >= 11 is 0. The zero-order valence-electron chi connectivity index (χ0n) is 10.2. The summed E-state index contributed by atoms with van der Waals surface area (Å²) < 4.78 is 0. The Morgan fingerprint density at radius 3 is 2.60 bits per heavy atom. The third-order valence-corrected chi connectivity index (χ3v) is 2.18. The molecule has 0 saturated heterocycles. The van der Waals surface area contributed by atoms with E-state index in [4.69, 9.17) is 0 Å². The van der Waals surface area contributed by atoms with Crippen LogP contribution in [0.1, 0.15) is 34.1 Å². The summed E-state index contributed by atoms with van der Waals surface area (Å²) in [4.78, 5) is 4.66. The van der Waals surface area contributed by atoms with Crippen LogP contribution >= 0.6 is 0 Å². The second-order valence-corrected chi connectivity index (χ2v) is 4.54. The Balaban J connectivity index is 2.78. The van der Waals surface area contributed by atoms with Gasteiger partial charge in [-0.05, 0) is 26.3 Å². The van der Waals surface area contributed by atoms with E-state index in [0.717, 1.165) is 6.42 Å². The van der Waals surface area contributed by atoms with Gasteiger partial charge in [0, 0.05) is 12.1 Å². The molecule has 1 rings (SSSR count). The second-order valence-electron chi connectivity index (χ2n) is 4.54. The monoisotopic (exact) mass is 206 g/mol. The number of nitrogens with zero attached hydrogens (tertiary/aromatic N) is 1. The molecule has 84 valence electrons. The summed E-state index contributed by atoms with van der Waals surface area (Å²) in [5.41, 5.74) is 1.17. The molecule has 2 nitrogen and oxygen atoms in total. The van der Waals surface area contributed by atoms with Crippen molar-refractivity contribution in [2.45, 2.75) is 52.2 Å². The topological polar surface area (TPSA) is 24.4 Å². The first-order chi connectivity index (χ1) is 7.09. The van der Waals surface area contributed by atoms with E-state index in [-0.39, 0.29) is 0 Å². The van der Waals surface area contributed by atoms with E-state index < -0.39 is 0 Å². The number of nitrogens with one attached hydrogen (secondary N) is 1. The zero-order chi connectivity index (χ0) is 11.3. The Morgan fingerprint density at radius 2 is 2.00 bits per heavy atom. The molecule has 1 unspecified atom stereocenters. The molecule has 15 heavy (non-hydrogen) atoms. The average molecular weight is 206 g/mol. The highest BCUT2D eigenvalue weighted by Gasteiger charge is 2.14. The van der Waals surface area contributed by atoms with Crippen LogP contribution in [-0.2, 0) is 0 Å². The van der Waals surface area contributed by atoms with E-state index in [1.807, 2.05) is 0 Å². The molecular formula is C13H22N2. The van der Waals surface area contributed by atoms with E-state index in [9.17, 15) is 0 Å². The number of hydrogen-bond acceptors (Lipinski definition) is 2. The minimum Gasteiger partial charge on any atom is -0.306 e. The van der Waals surface area contributed by atoms with Gasteiger partial charge in [-0.3, -0.25) is 4.99 Å². The Hall–Kier alpha value is -0.890. The molecule has 0 bridgehead atoms. The predicted octanol–water partition coefficient (Wildman–Crippen LogP) is 2.72. The van der Waals surface area contributed by atoms with Crippen molar-refractivity contribution in [3.8, 4) is 0 Å². The van der Waals surface area contributed by atoms with E-state index >= 15 is 0 Å². The number of allylic oxidation sites excluding steroid dienone is 2. The minimum absolute atomic E-state index is 0.360. The molecule has 0 heterocycles. The lowest BCUT2D eigenvalue weighted by Crippen LogP contribution is -2.40.